The van der Waals surface area contributed by atoms with Crippen molar-refractivity contribution in [1.29, 1.82) is 0 Å². The van der Waals surface area contributed by atoms with Crippen LogP contribution >= 0.6 is 11.3 Å². The SMILES string of the molecule is c1ccc(-c2cccc3c2oc2c(N(c4ccc(-c5ccc(-c6cccc7sc8ccccc8c67)cc5)cc4)c4ccc5c(c4)oc4ccccc45)cccc23)cc1. The summed E-state index contributed by atoms with van der Waals surface area (Å²) in [6.07, 6.45) is 0. The molecule has 4 heteroatoms. The van der Waals surface area contributed by atoms with Gasteiger partial charge in [0.15, 0.2) is 5.58 Å². The quantitative estimate of drug-likeness (QED) is 0.169. The van der Waals surface area contributed by atoms with E-state index in [0.29, 0.717) is 0 Å². The molecule has 0 saturated carbocycles. The van der Waals surface area contributed by atoms with Crippen molar-refractivity contribution in [2.75, 3.05) is 4.90 Å². The average Bonchev–Trinajstić information content (AvgIpc) is 3.99. The second-order valence-electron chi connectivity index (χ2n) is 14.8. The summed E-state index contributed by atoms with van der Waals surface area (Å²) in [6, 6.07) is 71.3. The zero-order chi connectivity index (χ0) is 38.2. The van der Waals surface area contributed by atoms with Gasteiger partial charge in [-0.15, -0.1) is 11.3 Å². The van der Waals surface area contributed by atoms with Crippen molar-refractivity contribution >= 4 is 92.4 Å². The maximum atomic E-state index is 6.95. The highest BCUT2D eigenvalue weighted by molar-refractivity contribution is 7.25. The number of anilines is 3. The lowest BCUT2D eigenvalue weighted by atomic mass is 9.97. The Kier molecular flexibility index (Phi) is 7.40. The van der Waals surface area contributed by atoms with Crippen LogP contribution in [0.4, 0.5) is 17.1 Å². The van der Waals surface area contributed by atoms with Crippen molar-refractivity contribution < 1.29 is 8.83 Å². The van der Waals surface area contributed by atoms with Gasteiger partial charge in [-0.25, -0.2) is 0 Å². The molecule has 3 aromatic heterocycles. The van der Waals surface area contributed by atoms with Crippen LogP contribution in [0.15, 0.2) is 209 Å². The Morgan fingerprint density at radius 3 is 1.78 bits per heavy atom. The van der Waals surface area contributed by atoms with Gasteiger partial charge in [-0.05, 0) is 76.3 Å². The minimum atomic E-state index is 0.832. The van der Waals surface area contributed by atoms with Crippen molar-refractivity contribution in [3.8, 4) is 33.4 Å². The highest BCUT2D eigenvalue weighted by atomic mass is 32.1. The first-order valence-electron chi connectivity index (χ1n) is 19.6. The first-order chi connectivity index (χ1) is 28.7. The number of nitrogens with zero attached hydrogens (tertiary/aromatic N) is 1. The standard InChI is InChI=1S/C54H33NO2S/c1-2-11-36(12-3-1)41-16-8-17-44-45-18-9-19-47(54(45)57-53(41)44)55(39-31-32-43-42-13-4-6-20-48(42)56-49(43)33-39)38-29-27-35(28-30-38)34-23-25-37(26-24-34)40-15-10-22-51-52(40)46-14-5-7-21-50(46)58-51/h1-33H. The summed E-state index contributed by atoms with van der Waals surface area (Å²) in [5, 5.41) is 7.01. The molecule has 12 rings (SSSR count). The van der Waals surface area contributed by atoms with Gasteiger partial charge in [0.25, 0.3) is 0 Å². The normalized spacial score (nSPS) is 11.8. The molecule has 272 valence electrons. The van der Waals surface area contributed by atoms with Crippen LogP contribution in [0.2, 0.25) is 0 Å². The van der Waals surface area contributed by atoms with Crippen LogP contribution in [0.5, 0.6) is 0 Å². The first-order valence-corrected chi connectivity index (χ1v) is 20.4. The van der Waals surface area contributed by atoms with Crippen LogP contribution < -0.4 is 4.90 Å². The molecule has 0 spiro atoms. The summed E-state index contributed by atoms with van der Waals surface area (Å²) in [5.41, 5.74) is 13.4. The van der Waals surface area contributed by atoms with Gasteiger partial charge in [0.05, 0.1) is 11.4 Å². The molecule has 0 atom stereocenters. The zero-order valence-corrected chi connectivity index (χ0v) is 32.0. The lowest BCUT2D eigenvalue weighted by molar-refractivity contribution is 0.668. The lowest BCUT2D eigenvalue weighted by Crippen LogP contribution is -2.10. The number of fused-ring (bicyclic) bond motifs is 9. The summed E-state index contributed by atoms with van der Waals surface area (Å²) in [7, 11) is 0. The summed E-state index contributed by atoms with van der Waals surface area (Å²) in [6.45, 7) is 0. The highest BCUT2D eigenvalue weighted by Gasteiger charge is 2.22. The highest BCUT2D eigenvalue weighted by Crippen LogP contribution is 2.46. The molecular formula is C54H33NO2S. The Labute approximate surface area is 338 Å². The summed E-state index contributed by atoms with van der Waals surface area (Å²) >= 11 is 1.86. The van der Waals surface area contributed by atoms with E-state index in [2.05, 4.69) is 187 Å². The summed E-state index contributed by atoms with van der Waals surface area (Å²) in [5.74, 6) is 0. The molecule has 0 amide bonds. The van der Waals surface area contributed by atoms with Gasteiger partial charge < -0.3 is 13.7 Å². The molecule has 0 saturated heterocycles. The van der Waals surface area contributed by atoms with E-state index in [-0.39, 0.29) is 0 Å². The van der Waals surface area contributed by atoms with Crippen LogP contribution in [0.3, 0.4) is 0 Å². The van der Waals surface area contributed by atoms with Gasteiger partial charge in [0, 0.05) is 59.0 Å². The third-order valence-electron chi connectivity index (χ3n) is 11.5. The largest absolute Gasteiger partial charge is 0.456 e. The fourth-order valence-corrected chi connectivity index (χ4v) is 9.90. The molecule has 0 N–H and O–H groups in total. The van der Waals surface area contributed by atoms with Gasteiger partial charge in [-0.2, -0.15) is 0 Å². The molecule has 0 aliphatic rings. The predicted octanol–water partition coefficient (Wildman–Crippen LogP) is 16.3. The maximum absolute atomic E-state index is 6.95. The van der Waals surface area contributed by atoms with E-state index in [0.717, 1.165) is 77.6 Å². The van der Waals surface area contributed by atoms with E-state index >= 15 is 0 Å². The van der Waals surface area contributed by atoms with E-state index in [1.54, 1.807) is 0 Å². The first kappa shape index (κ1) is 32.8. The third-order valence-corrected chi connectivity index (χ3v) is 12.6. The van der Waals surface area contributed by atoms with E-state index < -0.39 is 0 Å². The van der Waals surface area contributed by atoms with Gasteiger partial charge in [-0.3, -0.25) is 0 Å². The molecule has 0 aliphatic heterocycles. The molecule has 0 unspecified atom stereocenters. The molecule has 3 nitrogen and oxygen atoms in total. The third kappa shape index (κ3) is 5.19. The van der Waals surface area contributed by atoms with Crippen LogP contribution in [-0.4, -0.2) is 0 Å². The van der Waals surface area contributed by atoms with Crippen molar-refractivity contribution in [3.05, 3.63) is 200 Å². The number of benzene rings is 9. The van der Waals surface area contributed by atoms with Gasteiger partial charge in [0.2, 0.25) is 0 Å². The predicted molar refractivity (Wildman–Crippen MR) is 245 cm³/mol. The molecule has 0 radical (unpaired) electrons. The van der Waals surface area contributed by atoms with Gasteiger partial charge >= 0.3 is 0 Å². The average molecular weight is 760 g/mol. The second kappa shape index (κ2) is 13.1. The number of hydrogen-bond acceptors (Lipinski definition) is 4. The Morgan fingerprint density at radius 2 is 0.931 bits per heavy atom. The van der Waals surface area contributed by atoms with Crippen LogP contribution in [0.25, 0.3) is 97.4 Å². The van der Waals surface area contributed by atoms with Crippen molar-refractivity contribution in [2.45, 2.75) is 0 Å². The van der Waals surface area contributed by atoms with Crippen LogP contribution in [-0.2, 0) is 0 Å². The fourth-order valence-electron chi connectivity index (χ4n) is 8.77. The van der Waals surface area contributed by atoms with E-state index in [4.69, 9.17) is 8.83 Å². The second-order valence-corrected chi connectivity index (χ2v) is 15.9. The van der Waals surface area contributed by atoms with Gasteiger partial charge in [0.1, 0.15) is 16.7 Å². The number of hydrogen-bond donors (Lipinski definition) is 0. The Balaban J connectivity index is 0.978. The van der Waals surface area contributed by atoms with Gasteiger partial charge in [-0.1, -0.05) is 146 Å². The number of para-hydroxylation sites is 3. The molecular weight excluding hydrogens is 727 g/mol. The minimum absolute atomic E-state index is 0.832. The zero-order valence-electron chi connectivity index (χ0n) is 31.2. The molecule has 3 heterocycles. The molecule has 58 heavy (non-hydrogen) atoms. The van der Waals surface area contributed by atoms with E-state index in [9.17, 15) is 0 Å². The summed E-state index contributed by atoms with van der Waals surface area (Å²) < 4.78 is 16.0. The molecule has 0 fully saturated rings. The van der Waals surface area contributed by atoms with Crippen LogP contribution in [0.1, 0.15) is 0 Å². The topological polar surface area (TPSA) is 29.5 Å². The summed E-state index contributed by atoms with van der Waals surface area (Å²) in [4.78, 5) is 2.29. The number of rotatable bonds is 6. The Hall–Kier alpha value is -7.40. The molecule has 9 aromatic carbocycles. The van der Waals surface area contributed by atoms with Crippen molar-refractivity contribution in [3.63, 3.8) is 0 Å². The minimum Gasteiger partial charge on any atom is -0.456 e. The van der Waals surface area contributed by atoms with Crippen LogP contribution in [0, 0.1) is 0 Å². The molecule has 12 aromatic rings. The lowest BCUT2D eigenvalue weighted by Gasteiger charge is -2.25. The smallest absolute Gasteiger partial charge is 0.159 e. The number of furan rings is 2. The monoisotopic (exact) mass is 759 g/mol. The molecule has 0 aliphatic carbocycles. The van der Waals surface area contributed by atoms with E-state index in [1.807, 2.05) is 29.5 Å². The Morgan fingerprint density at radius 1 is 0.345 bits per heavy atom. The molecule has 0 bridgehead atoms. The van der Waals surface area contributed by atoms with Crippen molar-refractivity contribution in [2.24, 2.45) is 0 Å². The van der Waals surface area contributed by atoms with E-state index in [1.165, 1.54) is 36.9 Å². The van der Waals surface area contributed by atoms with Crippen molar-refractivity contribution in [1.82, 2.24) is 0 Å². The Bertz CT molecular complexity index is 3500. The maximum Gasteiger partial charge on any atom is 0.159 e. The fraction of sp³-hybridized carbons (Fsp3) is 0. The number of thiophene rings is 1.